The Morgan fingerprint density at radius 1 is 1.68 bits per heavy atom. The first-order chi connectivity index (χ1) is 8.83. The highest BCUT2D eigenvalue weighted by Gasteiger charge is 2.28. The van der Waals surface area contributed by atoms with E-state index in [9.17, 15) is 10.1 Å². The Hall–Kier alpha value is -1.96. The number of nitro groups is 1. The molecule has 0 fully saturated rings. The van der Waals surface area contributed by atoms with Crippen molar-refractivity contribution in [2.45, 2.75) is 27.3 Å². The summed E-state index contributed by atoms with van der Waals surface area (Å²) in [4.78, 5) is 13.9. The number of ether oxygens (including phenoxy) is 1. The van der Waals surface area contributed by atoms with Gasteiger partial charge in [0.1, 0.15) is 5.69 Å². The van der Waals surface area contributed by atoms with Gasteiger partial charge in [0.05, 0.1) is 18.9 Å². The summed E-state index contributed by atoms with van der Waals surface area (Å²) in [5.41, 5.74) is 0.402. The summed E-state index contributed by atoms with van der Waals surface area (Å²) in [7, 11) is 1.56. The van der Waals surface area contributed by atoms with E-state index in [1.807, 2.05) is 13.8 Å². The van der Waals surface area contributed by atoms with Gasteiger partial charge in [-0.1, -0.05) is 19.0 Å². The number of methoxy groups -OCH3 is 1. The third kappa shape index (κ3) is 3.28. The molecule has 0 atom stereocenters. The van der Waals surface area contributed by atoms with E-state index in [4.69, 9.17) is 9.94 Å². The van der Waals surface area contributed by atoms with Crippen molar-refractivity contribution >= 4 is 11.5 Å². The first-order valence-electron chi connectivity index (χ1n) is 5.70. The van der Waals surface area contributed by atoms with Crippen molar-refractivity contribution in [3.05, 3.63) is 22.1 Å². The predicted molar refractivity (Wildman–Crippen MR) is 68.5 cm³/mol. The molecule has 0 amide bonds. The van der Waals surface area contributed by atoms with Gasteiger partial charge in [-0.2, -0.15) is 0 Å². The van der Waals surface area contributed by atoms with Gasteiger partial charge in [0.2, 0.25) is 6.33 Å². The maximum absolute atomic E-state index is 10.7. The molecule has 0 unspecified atom stereocenters. The molecular formula is C11H18N4O4. The predicted octanol–water partition coefficient (Wildman–Crippen LogP) is 1.60. The summed E-state index contributed by atoms with van der Waals surface area (Å²) in [5.74, 6) is -0.193. The highest BCUT2D eigenvalue weighted by Crippen LogP contribution is 2.21. The van der Waals surface area contributed by atoms with Crippen LogP contribution in [0.4, 0.5) is 5.82 Å². The lowest BCUT2D eigenvalue weighted by molar-refractivity contribution is -0.389. The molecule has 0 saturated heterocycles. The lowest BCUT2D eigenvalue weighted by Crippen LogP contribution is -2.32. The van der Waals surface area contributed by atoms with Crippen LogP contribution in [0.25, 0.3) is 0 Å². The van der Waals surface area contributed by atoms with Crippen molar-refractivity contribution in [2.24, 2.45) is 10.6 Å². The molecule has 0 aliphatic rings. The van der Waals surface area contributed by atoms with Gasteiger partial charge in [-0.3, -0.25) is 0 Å². The summed E-state index contributed by atoms with van der Waals surface area (Å²) in [6, 6.07) is 0. The lowest BCUT2D eigenvalue weighted by atomic mass is 9.88. The Kier molecular flexibility index (Phi) is 4.60. The van der Waals surface area contributed by atoms with Crippen LogP contribution in [0.5, 0.6) is 0 Å². The minimum absolute atomic E-state index is 0.193. The first kappa shape index (κ1) is 15.1. The molecule has 1 aromatic rings. The van der Waals surface area contributed by atoms with Crippen molar-refractivity contribution in [3.8, 4) is 0 Å². The molecule has 1 N–H and O–H groups in total. The molecule has 106 valence electrons. The van der Waals surface area contributed by atoms with Crippen LogP contribution in [0.15, 0.2) is 11.5 Å². The number of rotatable bonds is 6. The molecule has 0 aliphatic carbocycles. The molecule has 19 heavy (non-hydrogen) atoms. The summed E-state index contributed by atoms with van der Waals surface area (Å²) < 4.78 is 6.65. The van der Waals surface area contributed by atoms with Crippen LogP contribution >= 0.6 is 0 Å². The molecule has 0 saturated carbocycles. The van der Waals surface area contributed by atoms with Crippen LogP contribution in [-0.4, -0.2) is 39.1 Å². The second-order valence-electron chi connectivity index (χ2n) is 4.90. The molecule has 8 nitrogen and oxygen atoms in total. The highest BCUT2D eigenvalue weighted by molar-refractivity contribution is 5.89. The van der Waals surface area contributed by atoms with Gasteiger partial charge in [0.25, 0.3) is 0 Å². The van der Waals surface area contributed by atoms with E-state index < -0.39 is 10.3 Å². The smallest absolute Gasteiger partial charge is 0.384 e. The fourth-order valence-electron chi connectivity index (χ4n) is 1.76. The van der Waals surface area contributed by atoms with Crippen molar-refractivity contribution in [1.82, 2.24) is 9.55 Å². The zero-order valence-electron chi connectivity index (χ0n) is 11.5. The van der Waals surface area contributed by atoms with Crippen molar-refractivity contribution < 1.29 is 14.9 Å². The molecule has 0 spiro atoms. The molecule has 8 heteroatoms. The van der Waals surface area contributed by atoms with Gasteiger partial charge in [0.15, 0.2) is 0 Å². The molecular weight excluding hydrogens is 252 g/mol. The van der Waals surface area contributed by atoms with Crippen LogP contribution in [-0.2, 0) is 11.3 Å². The van der Waals surface area contributed by atoms with Gasteiger partial charge in [0, 0.05) is 12.5 Å². The molecule has 0 aromatic carbocycles. The second-order valence-corrected chi connectivity index (χ2v) is 4.90. The Morgan fingerprint density at radius 2 is 2.32 bits per heavy atom. The molecule has 0 bridgehead atoms. The van der Waals surface area contributed by atoms with E-state index in [-0.39, 0.29) is 12.4 Å². The zero-order valence-corrected chi connectivity index (χ0v) is 11.5. The molecule has 1 rings (SSSR count). The Morgan fingerprint density at radius 3 is 2.74 bits per heavy atom. The van der Waals surface area contributed by atoms with Crippen LogP contribution in [0.1, 0.15) is 19.5 Å². The van der Waals surface area contributed by atoms with Crippen molar-refractivity contribution in [1.29, 1.82) is 0 Å². The average Bonchev–Trinajstić information content (AvgIpc) is 2.67. The van der Waals surface area contributed by atoms with Crippen LogP contribution in [0, 0.1) is 22.5 Å². The van der Waals surface area contributed by atoms with Gasteiger partial charge >= 0.3 is 5.82 Å². The van der Waals surface area contributed by atoms with Crippen LogP contribution < -0.4 is 0 Å². The largest absolute Gasteiger partial charge is 0.411 e. The Bertz CT molecular complexity index is 493. The number of oxime groups is 1. The van der Waals surface area contributed by atoms with E-state index in [0.717, 1.165) is 0 Å². The number of hydrogen-bond donors (Lipinski definition) is 1. The van der Waals surface area contributed by atoms with E-state index in [0.29, 0.717) is 18.0 Å². The third-order valence-electron chi connectivity index (χ3n) is 2.97. The molecule has 1 aromatic heterocycles. The minimum atomic E-state index is -0.540. The van der Waals surface area contributed by atoms with Crippen molar-refractivity contribution in [3.63, 3.8) is 0 Å². The zero-order chi connectivity index (χ0) is 14.6. The summed E-state index contributed by atoms with van der Waals surface area (Å²) in [6.45, 7) is 5.93. The number of hydrogen-bond acceptors (Lipinski definition) is 6. The number of nitrogens with zero attached hydrogens (tertiary/aromatic N) is 4. The summed E-state index contributed by atoms with van der Waals surface area (Å²) >= 11 is 0. The van der Waals surface area contributed by atoms with Crippen LogP contribution in [0.3, 0.4) is 0 Å². The van der Waals surface area contributed by atoms with E-state index >= 15 is 0 Å². The fourth-order valence-corrected chi connectivity index (χ4v) is 1.76. The molecule has 0 radical (unpaired) electrons. The number of imidazole rings is 1. The highest BCUT2D eigenvalue weighted by atomic mass is 16.6. The quantitative estimate of drug-likeness (QED) is 0.366. The summed E-state index contributed by atoms with van der Waals surface area (Å²) in [5, 5.41) is 23.1. The SMILES string of the molecule is COCC(C)(C)/C(Cn1cnc([N+](=O)[O-])c1C)=N\O. The summed E-state index contributed by atoms with van der Waals surface area (Å²) in [6.07, 6.45) is 1.36. The van der Waals surface area contributed by atoms with Gasteiger partial charge in [-0.25, -0.2) is 0 Å². The monoisotopic (exact) mass is 270 g/mol. The topological polar surface area (TPSA) is 103 Å². The van der Waals surface area contributed by atoms with Crippen molar-refractivity contribution in [2.75, 3.05) is 13.7 Å². The van der Waals surface area contributed by atoms with Crippen LogP contribution in [0.2, 0.25) is 0 Å². The average molecular weight is 270 g/mol. The molecule has 1 heterocycles. The second kappa shape index (κ2) is 5.79. The standard InChI is InChI=1S/C11H18N4O4/c1-8-10(15(17)18)12-7-14(8)5-9(13-16)11(2,3)6-19-4/h7,16H,5-6H2,1-4H3/b13-9-. The normalized spacial score (nSPS) is 12.7. The molecule has 0 aliphatic heterocycles. The fraction of sp³-hybridized carbons (Fsp3) is 0.636. The van der Waals surface area contributed by atoms with Gasteiger partial charge < -0.3 is 24.6 Å². The maximum Gasteiger partial charge on any atom is 0.384 e. The van der Waals surface area contributed by atoms with Gasteiger partial charge in [-0.15, -0.1) is 0 Å². The van der Waals surface area contributed by atoms with Gasteiger partial charge in [-0.05, 0) is 16.8 Å². The third-order valence-corrected chi connectivity index (χ3v) is 2.97. The van der Waals surface area contributed by atoms with E-state index in [1.54, 1.807) is 18.6 Å². The number of aromatic nitrogens is 2. The first-order valence-corrected chi connectivity index (χ1v) is 5.70. The maximum atomic E-state index is 10.7. The van der Waals surface area contributed by atoms with E-state index in [2.05, 4.69) is 10.1 Å². The van der Waals surface area contributed by atoms with E-state index in [1.165, 1.54) is 6.33 Å². The lowest BCUT2D eigenvalue weighted by Gasteiger charge is -2.24. The minimum Gasteiger partial charge on any atom is -0.411 e. The Balaban J connectivity index is 2.98. The Labute approximate surface area is 110 Å².